The minimum absolute atomic E-state index is 0.121. The van der Waals surface area contributed by atoms with E-state index in [9.17, 15) is 19.5 Å². The second-order valence-corrected chi connectivity index (χ2v) is 6.76. The van der Waals surface area contributed by atoms with Gasteiger partial charge in [0, 0.05) is 18.0 Å². The highest BCUT2D eigenvalue weighted by Gasteiger charge is 2.24. The molecule has 3 N–H and O–H groups in total. The van der Waals surface area contributed by atoms with Crippen LogP contribution in [0.4, 0.5) is 5.69 Å². The van der Waals surface area contributed by atoms with Gasteiger partial charge in [0.1, 0.15) is 10.9 Å². The standard InChI is InChI=1S/C17H19N3O4S/c1-10(2)9-13(17(23)24)20-16(22)14-12(5-8-25-14)19-15(21)11-3-6-18-7-4-11/h3-8,10,13H,9H2,1-2H3,(H,19,21)(H,20,22)(H,23,24)/t13-/m1/s1. The van der Waals surface area contributed by atoms with E-state index in [1.54, 1.807) is 23.6 Å². The molecule has 0 unspecified atom stereocenters. The van der Waals surface area contributed by atoms with Gasteiger partial charge < -0.3 is 15.7 Å². The van der Waals surface area contributed by atoms with Crippen LogP contribution < -0.4 is 10.6 Å². The first-order chi connectivity index (χ1) is 11.9. The van der Waals surface area contributed by atoms with Crippen LogP contribution in [0.25, 0.3) is 0 Å². The average Bonchev–Trinajstić information content (AvgIpc) is 3.02. The van der Waals surface area contributed by atoms with Gasteiger partial charge in [-0.05, 0) is 35.9 Å². The number of hydrogen-bond donors (Lipinski definition) is 3. The lowest BCUT2D eigenvalue weighted by atomic mass is 10.0. The fourth-order valence-corrected chi connectivity index (χ4v) is 2.95. The monoisotopic (exact) mass is 361 g/mol. The van der Waals surface area contributed by atoms with Gasteiger partial charge in [-0.25, -0.2) is 4.79 Å². The van der Waals surface area contributed by atoms with Gasteiger partial charge in [-0.1, -0.05) is 13.8 Å². The number of carboxylic acids is 1. The van der Waals surface area contributed by atoms with E-state index in [2.05, 4.69) is 15.6 Å². The molecule has 0 bridgehead atoms. The number of nitrogens with zero attached hydrogens (tertiary/aromatic N) is 1. The van der Waals surface area contributed by atoms with Gasteiger partial charge >= 0.3 is 5.97 Å². The summed E-state index contributed by atoms with van der Waals surface area (Å²) in [5, 5.41) is 16.1. The third kappa shape index (κ3) is 5.12. The lowest BCUT2D eigenvalue weighted by Gasteiger charge is -2.16. The Hall–Kier alpha value is -2.74. The first kappa shape index (κ1) is 18.6. The maximum atomic E-state index is 12.4. The van der Waals surface area contributed by atoms with Gasteiger partial charge in [-0.15, -0.1) is 11.3 Å². The van der Waals surface area contributed by atoms with E-state index in [1.807, 2.05) is 13.8 Å². The number of pyridine rings is 1. The summed E-state index contributed by atoms with van der Waals surface area (Å²) in [6, 6.07) is 3.75. The van der Waals surface area contributed by atoms with Crippen molar-refractivity contribution in [2.24, 2.45) is 5.92 Å². The van der Waals surface area contributed by atoms with E-state index in [-0.39, 0.29) is 16.7 Å². The number of amides is 2. The molecule has 25 heavy (non-hydrogen) atoms. The van der Waals surface area contributed by atoms with E-state index in [4.69, 9.17) is 0 Å². The van der Waals surface area contributed by atoms with Crippen LogP contribution >= 0.6 is 11.3 Å². The molecule has 132 valence electrons. The first-order valence-electron chi connectivity index (χ1n) is 7.71. The Morgan fingerprint density at radius 1 is 1.16 bits per heavy atom. The highest BCUT2D eigenvalue weighted by atomic mass is 32.1. The normalized spacial score (nSPS) is 11.8. The molecule has 2 aromatic rings. The van der Waals surface area contributed by atoms with Crippen molar-refractivity contribution in [3.05, 3.63) is 46.4 Å². The summed E-state index contributed by atoms with van der Waals surface area (Å²) in [5.74, 6) is -1.85. The predicted octanol–water partition coefficient (Wildman–Crippen LogP) is 2.62. The van der Waals surface area contributed by atoms with Crippen molar-refractivity contribution < 1.29 is 19.5 Å². The molecule has 0 saturated heterocycles. The van der Waals surface area contributed by atoms with Gasteiger partial charge in [-0.2, -0.15) is 0 Å². The molecule has 2 rings (SSSR count). The molecule has 7 nitrogen and oxygen atoms in total. The van der Waals surface area contributed by atoms with E-state index in [0.717, 1.165) is 11.3 Å². The topological polar surface area (TPSA) is 108 Å². The van der Waals surface area contributed by atoms with Crippen LogP contribution in [0.3, 0.4) is 0 Å². The Kier molecular flexibility index (Phi) is 6.24. The van der Waals surface area contributed by atoms with Crippen molar-refractivity contribution in [3.63, 3.8) is 0 Å². The van der Waals surface area contributed by atoms with Crippen LogP contribution in [0.15, 0.2) is 36.0 Å². The summed E-state index contributed by atoms with van der Waals surface area (Å²) in [5.41, 5.74) is 0.758. The Labute approximate surface area is 149 Å². The molecule has 0 saturated carbocycles. The average molecular weight is 361 g/mol. The summed E-state index contributed by atoms with van der Waals surface area (Å²) in [6.07, 6.45) is 3.32. The second-order valence-electron chi connectivity index (χ2n) is 5.85. The van der Waals surface area contributed by atoms with Crippen LogP contribution in [-0.4, -0.2) is 33.9 Å². The molecule has 0 fully saturated rings. The second kappa shape index (κ2) is 8.39. The number of rotatable bonds is 7. The summed E-state index contributed by atoms with van der Waals surface area (Å²) < 4.78 is 0. The van der Waals surface area contributed by atoms with Crippen molar-refractivity contribution in [1.82, 2.24) is 10.3 Å². The molecule has 8 heteroatoms. The number of thiophene rings is 1. The number of carboxylic acid groups (broad SMARTS) is 1. The SMILES string of the molecule is CC(C)C[C@@H](NC(=O)c1sccc1NC(=O)c1ccncc1)C(=O)O. The number of nitrogens with one attached hydrogen (secondary N) is 2. The van der Waals surface area contributed by atoms with E-state index >= 15 is 0 Å². The van der Waals surface area contributed by atoms with Crippen LogP contribution in [0, 0.1) is 5.92 Å². The first-order valence-corrected chi connectivity index (χ1v) is 8.59. The summed E-state index contributed by atoms with van der Waals surface area (Å²) >= 11 is 1.14. The molecule has 2 amide bonds. The van der Waals surface area contributed by atoms with E-state index in [0.29, 0.717) is 17.7 Å². The predicted molar refractivity (Wildman–Crippen MR) is 94.9 cm³/mol. The summed E-state index contributed by atoms with van der Waals surface area (Å²) in [7, 11) is 0. The van der Waals surface area contributed by atoms with Crippen LogP contribution in [0.2, 0.25) is 0 Å². The summed E-state index contributed by atoms with van der Waals surface area (Å²) in [4.78, 5) is 40.0. The minimum atomic E-state index is -1.08. The molecule has 0 aromatic carbocycles. The zero-order valence-corrected chi connectivity index (χ0v) is 14.7. The third-order valence-corrected chi connectivity index (χ3v) is 4.29. The van der Waals surface area contributed by atoms with Crippen LogP contribution in [0.5, 0.6) is 0 Å². The zero-order chi connectivity index (χ0) is 18.4. The number of aromatic nitrogens is 1. The molecular formula is C17H19N3O4S. The number of hydrogen-bond acceptors (Lipinski definition) is 5. The summed E-state index contributed by atoms with van der Waals surface area (Å²) in [6.45, 7) is 3.77. The zero-order valence-electron chi connectivity index (χ0n) is 13.9. The Morgan fingerprint density at radius 3 is 2.44 bits per heavy atom. The number of carbonyl (C=O) groups is 3. The van der Waals surface area contributed by atoms with E-state index < -0.39 is 17.9 Å². The molecule has 2 heterocycles. The Bertz CT molecular complexity index is 758. The quantitative estimate of drug-likeness (QED) is 0.702. The fourth-order valence-electron chi connectivity index (χ4n) is 2.20. The minimum Gasteiger partial charge on any atom is -0.480 e. The lowest BCUT2D eigenvalue weighted by Crippen LogP contribution is -2.41. The maximum absolute atomic E-state index is 12.4. The van der Waals surface area contributed by atoms with Crippen molar-refractivity contribution in [2.45, 2.75) is 26.3 Å². The van der Waals surface area contributed by atoms with Crippen LogP contribution in [-0.2, 0) is 4.79 Å². The fraction of sp³-hybridized carbons (Fsp3) is 0.294. The molecule has 0 radical (unpaired) electrons. The van der Waals surface area contributed by atoms with Crippen LogP contribution in [0.1, 0.15) is 40.3 Å². The molecule has 0 spiro atoms. The Morgan fingerprint density at radius 2 is 1.84 bits per heavy atom. The Balaban J connectivity index is 2.10. The van der Waals surface area contributed by atoms with Crippen molar-refractivity contribution in [2.75, 3.05) is 5.32 Å². The highest BCUT2D eigenvalue weighted by molar-refractivity contribution is 7.12. The van der Waals surface area contributed by atoms with Gasteiger partial charge in [0.25, 0.3) is 11.8 Å². The molecule has 0 aliphatic heterocycles. The smallest absolute Gasteiger partial charge is 0.326 e. The van der Waals surface area contributed by atoms with E-state index in [1.165, 1.54) is 12.4 Å². The lowest BCUT2D eigenvalue weighted by molar-refractivity contribution is -0.139. The maximum Gasteiger partial charge on any atom is 0.326 e. The molecule has 1 atom stereocenters. The molecular weight excluding hydrogens is 342 g/mol. The van der Waals surface area contributed by atoms with Crippen molar-refractivity contribution in [3.8, 4) is 0 Å². The number of anilines is 1. The van der Waals surface area contributed by atoms with Gasteiger partial charge in [0.15, 0.2) is 0 Å². The van der Waals surface area contributed by atoms with Gasteiger partial charge in [0.2, 0.25) is 0 Å². The van der Waals surface area contributed by atoms with Gasteiger partial charge in [-0.3, -0.25) is 14.6 Å². The van der Waals surface area contributed by atoms with Crippen molar-refractivity contribution in [1.29, 1.82) is 0 Å². The largest absolute Gasteiger partial charge is 0.480 e. The number of carbonyl (C=O) groups excluding carboxylic acids is 2. The molecule has 0 aliphatic carbocycles. The molecule has 0 aliphatic rings. The number of aliphatic carboxylic acids is 1. The van der Waals surface area contributed by atoms with Gasteiger partial charge in [0.05, 0.1) is 5.69 Å². The molecule has 2 aromatic heterocycles. The third-order valence-electron chi connectivity index (χ3n) is 3.37. The highest BCUT2D eigenvalue weighted by Crippen LogP contribution is 2.23. The van der Waals surface area contributed by atoms with Crippen molar-refractivity contribution >= 4 is 34.8 Å².